The molecule has 2 N–H and O–H groups in total. The molecule has 0 fully saturated rings. The molecule has 1 atom stereocenters. The van der Waals surface area contributed by atoms with Crippen LogP contribution in [0.1, 0.15) is 11.6 Å². The molecule has 0 spiro atoms. The fourth-order valence-corrected chi connectivity index (χ4v) is 3.65. The van der Waals surface area contributed by atoms with Crippen LogP contribution in [-0.2, 0) is 10.0 Å². The van der Waals surface area contributed by atoms with Gasteiger partial charge < -0.3 is 5.73 Å². The second-order valence-corrected chi connectivity index (χ2v) is 8.18. The van der Waals surface area contributed by atoms with Crippen LogP contribution in [0, 0.1) is 10.1 Å². The number of benzene rings is 2. The van der Waals surface area contributed by atoms with Crippen molar-refractivity contribution in [3.8, 4) is 0 Å². The molecule has 0 amide bonds. The highest BCUT2D eigenvalue weighted by Crippen LogP contribution is 2.26. The lowest BCUT2D eigenvalue weighted by Crippen LogP contribution is -2.34. The Balaban J connectivity index is 2.18. The van der Waals surface area contributed by atoms with Crippen molar-refractivity contribution >= 4 is 38.9 Å². The topological polar surface area (TPSA) is 107 Å². The Kier molecular flexibility index (Phi) is 6.02. The molecular weight excluding hydrogens is 389 g/mol. The minimum atomic E-state index is -3.83. The summed E-state index contributed by atoms with van der Waals surface area (Å²) in [5, 5.41) is 11.4. The van der Waals surface area contributed by atoms with E-state index < -0.39 is 21.0 Å². The van der Waals surface area contributed by atoms with Gasteiger partial charge in [0.2, 0.25) is 10.0 Å². The first kappa shape index (κ1) is 19.6. The molecular formula is C15H15Cl2N3O4S. The Morgan fingerprint density at radius 1 is 1.16 bits per heavy atom. The monoisotopic (exact) mass is 403 g/mol. The van der Waals surface area contributed by atoms with E-state index in [2.05, 4.69) is 0 Å². The number of non-ortho nitro benzene ring substituents is 1. The summed E-state index contributed by atoms with van der Waals surface area (Å²) in [5.41, 5.74) is 6.51. The fourth-order valence-electron chi connectivity index (χ4n) is 2.14. The minimum absolute atomic E-state index is 0.00270. The molecule has 7 nitrogen and oxygen atoms in total. The number of nitro benzene ring substituents is 1. The second-order valence-electron chi connectivity index (χ2n) is 5.32. The molecule has 0 bridgehead atoms. The van der Waals surface area contributed by atoms with Gasteiger partial charge in [-0.3, -0.25) is 10.1 Å². The SMILES string of the molecule is CN(CC(N)c1ccc(Cl)c(Cl)c1)S(=O)(=O)c1ccc([N+](=O)[O-])cc1. The van der Waals surface area contributed by atoms with Gasteiger partial charge in [0.1, 0.15) is 0 Å². The van der Waals surface area contributed by atoms with Gasteiger partial charge in [0.25, 0.3) is 5.69 Å². The maximum atomic E-state index is 12.6. The number of sulfonamides is 1. The standard InChI is InChI=1S/C15H15Cl2N3O4S/c1-19(9-15(18)10-2-7-13(16)14(17)8-10)25(23,24)12-5-3-11(4-6-12)20(21)22/h2-8,15H,9,18H2,1H3. The van der Waals surface area contributed by atoms with E-state index in [1.54, 1.807) is 18.2 Å². The molecule has 2 aromatic carbocycles. The van der Waals surface area contributed by atoms with E-state index >= 15 is 0 Å². The molecule has 0 aliphatic heterocycles. The Morgan fingerprint density at radius 2 is 1.76 bits per heavy atom. The summed E-state index contributed by atoms with van der Waals surface area (Å²) < 4.78 is 26.2. The van der Waals surface area contributed by atoms with Crippen molar-refractivity contribution in [2.45, 2.75) is 10.9 Å². The normalized spacial score (nSPS) is 13.0. The van der Waals surface area contributed by atoms with E-state index in [4.69, 9.17) is 28.9 Å². The molecule has 0 saturated heterocycles. The fraction of sp³-hybridized carbons (Fsp3) is 0.200. The van der Waals surface area contributed by atoms with E-state index in [0.29, 0.717) is 15.6 Å². The van der Waals surface area contributed by atoms with Gasteiger partial charge in [-0.15, -0.1) is 0 Å². The summed E-state index contributed by atoms with van der Waals surface area (Å²) in [6.45, 7) is -0.00270. The summed E-state index contributed by atoms with van der Waals surface area (Å²) in [6.07, 6.45) is 0. The van der Waals surface area contributed by atoms with Crippen LogP contribution in [0.3, 0.4) is 0 Å². The van der Waals surface area contributed by atoms with Gasteiger partial charge in [-0.25, -0.2) is 8.42 Å². The van der Waals surface area contributed by atoms with Crippen molar-refractivity contribution < 1.29 is 13.3 Å². The third kappa shape index (κ3) is 4.47. The molecule has 0 saturated carbocycles. The third-order valence-electron chi connectivity index (χ3n) is 3.58. The zero-order valence-electron chi connectivity index (χ0n) is 13.1. The highest BCUT2D eigenvalue weighted by atomic mass is 35.5. The average Bonchev–Trinajstić information content (AvgIpc) is 2.57. The molecule has 25 heavy (non-hydrogen) atoms. The number of nitrogens with zero attached hydrogens (tertiary/aromatic N) is 2. The van der Waals surface area contributed by atoms with Crippen molar-refractivity contribution in [2.75, 3.05) is 13.6 Å². The Hall–Kier alpha value is -1.71. The van der Waals surface area contributed by atoms with Crippen LogP contribution in [-0.4, -0.2) is 31.2 Å². The maximum Gasteiger partial charge on any atom is 0.269 e. The number of rotatable bonds is 6. The summed E-state index contributed by atoms with van der Waals surface area (Å²) >= 11 is 11.8. The first-order chi connectivity index (χ1) is 11.6. The summed E-state index contributed by atoms with van der Waals surface area (Å²) in [7, 11) is -2.45. The van der Waals surface area contributed by atoms with Crippen molar-refractivity contribution in [1.82, 2.24) is 4.31 Å². The highest BCUT2D eigenvalue weighted by Gasteiger charge is 2.24. The second kappa shape index (κ2) is 7.67. The largest absolute Gasteiger partial charge is 0.323 e. The lowest BCUT2D eigenvalue weighted by Gasteiger charge is -2.21. The summed E-state index contributed by atoms with van der Waals surface area (Å²) in [6, 6.07) is 8.88. The molecule has 10 heteroatoms. The van der Waals surface area contributed by atoms with E-state index in [9.17, 15) is 18.5 Å². The average molecular weight is 404 g/mol. The molecule has 0 aromatic heterocycles. The Labute approximate surface area is 155 Å². The van der Waals surface area contributed by atoms with Crippen molar-refractivity contribution in [3.63, 3.8) is 0 Å². The van der Waals surface area contributed by atoms with E-state index in [1.807, 2.05) is 0 Å². The molecule has 134 valence electrons. The zero-order chi connectivity index (χ0) is 18.8. The first-order valence-electron chi connectivity index (χ1n) is 7.04. The zero-order valence-corrected chi connectivity index (χ0v) is 15.4. The molecule has 0 radical (unpaired) electrons. The highest BCUT2D eigenvalue weighted by molar-refractivity contribution is 7.89. The molecule has 0 heterocycles. The maximum absolute atomic E-state index is 12.6. The van der Waals surface area contributed by atoms with E-state index in [-0.39, 0.29) is 17.1 Å². The van der Waals surface area contributed by atoms with Gasteiger partial charge in [0.05, 0.1) is 19.9 Å². The van der Waals surface area contributed by atoms with Gasteiger partial charge in [-0.2, -0.15) is 4.31 Å². The van der Waals surface area contributed by atoms with Crippen molar-refractivity contribution in [1.29, 1.82) is 0 Å². The van der Waals surface area contributed by atoms with Crippen molar-refractivity contribution in [3.05, 3.63) is 68.2 Å². The van der Waals surface area contributed by atoms with Crippen LogP contribution >= 0.6 is 23.2 Å². The van der Waals surface area contributed by atoms with Gasteiger partial charge in [-0.1, -0.05) is 29.3 Å². The number of hydrogen-bond acceptors (Lipinski definition) is 5. The van der Waals surface area contributed by atoms with Crippen LogP contribution in [0.2, 0.25) is 10.0 Å². The first-order valence-corrected chi connectivity index (χ1v) is 9.24. The van der Waals surface area contributed by atoms with Gasteiger partial charge >= 0.3 is 0 Å². The smallest absolute Gasteiger partial charge is 0.269 e. The van der Waals surface area contributed by atoms with Gasteiger partial charge in [0, 0.05) is 31.8 Å². The van der Waals surface area contributed by atoms with Crippen LogP contribution in [0.15, 0.2) is 47.4 Å². The quantitative estimate of drug-likeness (QED) is 0.588. The lowest BCUT2D eigenvalue weighted by atomic mass is 10.1. The van der Waals surface area contributed by atoms with Crippen molar-refractivity contribution in [2.24, 2.45) is 5.73 Å². The lowest BCUT2D eigenvalue weighted by molar-refractivity contribution is -0.384. The van der Waals surface area contributed by atoms with Gasteiger partial charge in [0.15, 0.2) is 0 Å². The van der Waals surface area contributed by atoms with Crippen LogP contribution in [0.5, 0.6) is 0 Å². The van der Waals surface area contributed by atoms with Crippen LogP contribution in [0.25, 0.3) is 0 Å². The Bertz CT molecular complexity index is 888. The molecule has 2 aromatic rings. The number of likely N-dealkylation sites (N-methyl/N-ethyl adjacent to an activating group) is 1. The summed E-state index contributed by atoms with van der Waals surface area (Å²) in [4.78, 5) is 10.0. The van der Waals surface area contributed by atoms with Crippen LogP contribution < -0.4 is 5.73 Å². The molecule has 0 aliphatic carbocycles. The predicted octanol–water partition coefficient (Wildman–Crippen LogP) is 3.22. The number of nitro groups is 1. The number of halogens is 2. The molecule has 2 rings (SSSR count). The van der Waals surface area contributed by atoms with E-state index in [1.165, 1.54) is 19.2 Å². The summed E-state index contributed by atoms with van der Waals surface area (Å²) in [5.74, 6) is 0. The third-order valence-corrected chi connectivity index (χ3v) is 6.16. The van der Waals surface area contributed by atoms with Gasteiger partial charge in [-0.05, 0) is 29.8 Å². The van der Waals surface area contributed by atoms with E-state index in [0.717, 1.165) is 16.4 Å². The minimum Gasteiger partial charge on any atom is -0.323 e. The Morgan fingerprint density at radius 3 is 2.28 bits per heavy atom. The number of nitrogens with two attached hydrogens (primary N) is 1. The molecule has 1 unspecified atom stereocenters. The predicted molar refractivity (Wildman–Crippen MR) is 96.3 cm³/mol. The van der Waals surface area contributed by atoms with Crippen LogP contribution in [0.4, 0.5) is 5.69 Å². The molecule has 0 aliphatic rings. The number of hydrogen-bond donors (Lipinski definition) is 1.